The van der Waals surface area contributed by atoms with Crippen LogP contribution in [0.3, 0.4) is 0 Å². The second-order valence-electron chi connectivity index (χ2n) is 7.62. The number of nitrogens with zero attached hydrogens (tertiary/aromatic N) is 1. The van der Waals surface area contributed by atoms with Crippen molar-refractivity contribution in [2.24, 2.45) is 0 Å². The maximum Gasteiger partial charge on any atom is 0.304 e. The number of aryl methyl sites for hydroxylation is 1. The number of thioether (sulfide) groups is 1. The molecule has 1 N–H and O–H groups in total. The fourth-order valence-electron chi connectivity index (χ4n) is 3.71. The lowest BCUT2D eigenvalue weighted by Crippen LogP contribution is -2.26. The van der Waals surface area contributed by atoms with E-state index in [-0.39, 0.29) is 6.42 Å². The largest absolute Gasteiger partial charge is 0.481 e. The highest BCUT2D eigenvalue weighted by atomic mass is 35.5. The van der Waals surface area contributed by atoms with E-state index in [1.54, 1.807) is 0 Å². The molecule has 0 amide bonds. The maximum absolute atomic E-state index is 11.1. The SMILES string of the molecule is Cc1ccc(Cl)c(CN(CCC(=O)O)Cc2cccc(SC3CCCC3)c2)c1. The zero-order valence-electron chi connectivity index (χ0n) is 16.4. The zero-order chi connectivity index (χ0) is 19.9. The van der Waals surface area contributed by atoms with Crippen LogP contribution >= 0.6 is 23.4 Å². The number of hydrogen-bond donors (Lipinski definition) is 1. The van der Waals surface area contributed by atoms with Gasteiger partial charge in [-0.2, -0.15) is 0 Å². The molecule has 150 valence electrons. The van der Waals surface area contributed by atoms with Gasteiger partial charge < -0.3 is 5.11 Å². The van der Waals surface area contributed by atoms with Gasteiger partial charge in [0.15, 0.2) is 0 Å². The van der Waals surface area contributed by atoms with Crippen LogP contribution in [0.1, 0.15) is 48.8 Å². The molecule has 0 spiro atoms. The van der Waals surface area contributed by atoms with Gasteiger partial charge >= 0.3 is 5.97 Å². The lowest BCUT2D eigenvalue weighted by molar-refractivity contribution is -0.137. The van der Waals surface area contributed by atoms with Crippen LogP contribution < -0.4 is 0 Å². The molecule has 0 aliphatic heterocycles. The van der Waals surface area contributed by atoms with Crippen molar-refractivity contribution in [3.8, 4) is 0 Å². The molecule has 0 unspecified atom stereocenters. The normalized spacial score (nSPS) is 14.7. The van der Waals surface area contributed by atoms with Gasteiger partial charge in [0.25, 0.3) is 0 Å². The minimum Gasteiger partial charge on any atom is -0.481 e. The van der Waals surface area contributed by atoms with Gasteiger partial charge in [0.2, 0.25) is 0 Å². The molecular formula is C23H28ClNO2S. The third kappa shape index (κ3) is 6.54. The van der Waals surface area contributed by atoms with Crippen molar-refractivity contribution in [1.82, 2.24) is 4.90 Å². The van der Waals surface area contributed by atoms with Crippen LogP contribution in [-0.2, 0) is 17.9 Å². The molecule has 0 heterocycles. The fourth-order valence-corrected chi connectivity index (χ4v) is 5.22. The Morgan fingerprint density at radius 1 is 1.18 bits per heavy atom. The molecule has 2 aromatic rings. The van der Waals surface area contributed by atoms with E-state index in [1.165, 1.54) is 36.1 Å². The summed E-state index contributed by atoms with van der Waals surface area (Å²) in [5.74, 6) is -0.772. The highest BCUT2D eigenvalue weighted by Gasteiger charge is 2.17. The van der Waals surface area contributed by atoms with Crippen LogP contribution in [0, 0.1) is 6.92 Å². The lowest BCUT2D eigenvalue weighted by atomic mass is 10.1. The number of carboxylic acid groups (broad SMARTS) is 1. The molecule has 2 aromatic carbocycles. The van der Waals surface area contributed by atoms with Crippen molar-refractivity contribution in [2.75, 3.05) is 6.54 Å². The van der Waals surface area contributed by atoms with Gasteiger partial charge in [0.1, 0.15) is 0 Å². The van der Waals surface area contributed by atoms with E-state index in [1.807, 2.05) is 30.8 Å². The van der Waals surface area contributed by atoms with Crippen molar-refractivity contribution in [1.29, 1.82) is 0 Å². The van der Waals surface area contributed by atoms with Crippen LogP contribution in [0.4, 0.5) is 0 Å². The molecule has 0 atom stereocenters. The number of halogens is 1. The molecule has 0 radical (unpaired) electrons. The van der Waals surface area contributed by atoms with Gasteiger partial charge in [0, 0.05) is 34.8 Å². The number of hydrogen-bond acceptors (Lipinski definition) is 3. The molecule has 0 bridgehead atoms. The van der Waals surface area contributed by atoms with Crippen LogP contribution in [0.5, 0.6) is 0 Å². The van der Waals surface area contributed by atoms with Crippen molar-refractivity contribution in [3.63, 3.8) is 0 Å². The first-order chi connectivity index (χ1) is 13.5. The standard InChI is InChI=1S/C23H28ClNO2S/c1-17-9-10-22(24)19(13-17)16-25(12-11-23(26)27)15-18-5-4-8-21(14-18)28-20-6-2-3-7-20/h4-5,8-10,13-14,20H,2-3,6-7,11-12,15-16H2,1H3,(H,26,27). The third-order valence-corrected chi connectivity index (χ3v) is 6.85. The van der Waals surface area contributed by atoms with E-state index in [0.29, 0.717) is 13.1 Å². The summed E-state index contributed by atoms with van der Waals surface area (Å²) in [5.41, 5.74) is 3.42. The summed E-state index contributed by atoms with van der Waals surface area (Å²) in [4.78, 5) is 14.6. The number of benzene rings is 2. The molecule has 5 heteroatoms. The van der Waals surface area contributed by atoms with E-state index in [4.69, 9.17) is 16.7 Å². The Hall–Kier alpha value is -1.49. The maximum atomic E-state index is 11.1. The molecule has 0 aromatic heterocycles. The highest BCUT2D eigenvalue weighted by Crippen LogP contribution is 2.35. The molecule has 28 heavy (non-hydrogen) atoms. The third-order valence-electron chi connectivity index (χ3n) is 5.15. The first-order valence-corrected chi connectivity index (χ1v) is 11.2. The summed E-state index contributed by atoms with van der Waals surface area (Å²) in [7, 11) is 0. The van der Waals surface area contributed by atoms with Gasteiger partial charge in [-0.1, -0.05) is 54.3 Å². The minimum absolute atomic E-state index is 0.125. The van der Waals surface area contributed by atoms with Crippen molar-refractivity contribution >= 4 is 29.3 Å². The Labute approximate surface area is 177 Å². The number of rotatable bonds is 9. The Bertz CT molecular complexity index is 805. The average molecular weight is 418 g/mol. The monoisotopic (exact) mass is 417 g/mol. The Balaban J connectivity index is 1.71. The van der Waals surface area contributed by atoms with Crippen LogP contribution in [0.15, 0.2) is 47.4 Å². The second kappa shape index (κ2) is 10.3. The topological polar surface area (TPSA) is 40.5 Å². The zero-order valence-corrected chi connectivity index (χ0v) is 17.9. The van der Waals surface area contributed by atoms with E-state index < -0.39 is 5.97 Å². The Kier molecular flexibility index (Phi) is 7.83. The first-order valence-electron chi connectivity index (χ1n) is 9.94. The smallest absolute Gasteiger partial charge is 0.304 e. The van der Waals surface area contributed by atoms with Gasteiger partial charge in [-0.25, -0.2) is 0 Å². The number of carboxylic acids is 1. The van der Waals surface area contributed by atoms with E-state index in [9.17, 15) is 4.79 Å². The predicted octanol–water partition coefficient (Wildman–Crippen LogP) is 6.16. The van der Waals surface area contributed by atoms with E-state index in [0.717, 1.165) is 27.9 Å². The first kappa shape index (κ1) is 21.2. The van der Waals surface area contributed by atoms with Gasteiger partial charge in [0.05, 0.1) is 6.42 Å². The van der Waals surface area contributed by atoms with Gasteiger partial charge in [-0.15, -0.1) is 11.8 Å². The van der Waals surface area contributed by atoms with Crippen LogP contribution in [-0.4, -0.2) is 27.8 Å². The molecule has 3 rings (SSSR count). The molecule has 1 aliphatic rings. The summed E-state index contributed by atoms with van der Waals surface area (Å²) < 4.78 is 0. The molecule has 0 saturated heterocycles. The van der Waals surface area contributed by atoms with Gasteiger partial charge in [-0.3, -0.25) is 9.69 Å². The second-order valence-corrected chi connectivity index (χ2v) is 9.40. The summed E-state index contributed by atoms with van der Waals surface area (Å²) in [5, 5.41) is 10.6. The summed E-state index contributed by atoms with van der Waals surface area (Å²) >= 11 is 8.37. The Morgan fingerprint density at radius 2 is 1.96 bits per heavy atom. The lowest BCUT2D eigenvalue weighted by Gasteiger charge is -2.23. The van der Waals surface area contributed by atoms with Crippen molar-refractivity contribution in [2.45, 2.75) is 62.3 Å². The fraction of sp³-hybridized carbons (Fsp3) is 0.435. The summed E-state index contributed by atoms with van der Waals surface area (Å²) in [6.07, 6.45) is 5.44. The quantitative estimate of drug-likeness (QED) is 0.530. The minimum atomic E-state index is -0.772. The summed E-state index contributed by atoms with van der Waals surface area (Å²) in [6, 6.07) is 14.7. The summed E-state index contributed by atoms with van der Waals surface area (Å²) in [6.45, 7) is 3.91. The molecule has 1 saturated carbocycles. The number of aliphatic carboxylic acids is 1. The average Bonchev–Trinajstić information content (AvgIpc) is 3.16. The van der Waals surface area contributed by atoms with Crippen LogP contribution in [0.2, 0.25) is 5.02 Å². The van der Waals surface area contributed by atoms with Crippen molar-refractivity contribution < 1.29 is 9.90 Å². The van der Waals surface area contributed by atoms with E-state index in [2.05, 4.69) is 35.2 Å². The predicted molar refractivity (Wildman–Crippen MR) is 117 cm³/mol. The molecular weight excluding hydrogens is 390 g/mol. The highest BCUT2D eigenvalue weighted by molar-refractivity contribution is 8.00. The molecule has 1 aliphatic carbocycles. The van der Waals surface area contributed by atoms with Crippen LogP contribution in [0.25, 0.3) is 0 Å². The molecule has 3 nitrogen and oxygen atoms in total. The van der Waals surface area contributed by atoms with Gasteiger partial charge in [-0.05, 0) is 49.1 Å². The van der Waals surface area contributed by atoms with E-state index >= 15 is 0 Å². The van der Waals surface area contributed by atoms with Crippen molar-refractivity contribution in [3.05, 3.63) is 64.2 Å². The Morgan fingerprint density at radius 3 is 2.71 bits per heavy atom. The number of carbonyl (C=O) groups is 1. The molecule has 1 fully saturated rings.